The first-order chi connectivity index (χ1) is 12.0. The highest BCUT2D eigenvalue weighted by Crippen LogP contribution is 2.41. The van der Waals surface area contributed by atoms with Crippen LogP contribution in [0.3, 0.4) is 0 Å². The van der Waals surface area contributed by atoms with E-state index in [4.69, 9.17) is 9.26 Å². The normalized spacial score (nSPS) is 14.9. The van der Waals surface area contributed by atoms with E-state index in [0.29, 0.717) is 12.5 Å². The van der Waals surface area contributed by atoms with Crippen molar-refractivity contribution in [3.8, 4) is 5.75 Å². The van der Waals surface area contributed by atoms with E-state index in [1.54, 1.807) is 19.1 Å². The van der Waals surface area contributed by atoms with Crippen LogP contribution < -0.4 is 10.1 Å². The predicted molar refractivity (Wildman–Crippen MR) is 94.4 cm³/mol. The zero-order valence-electron chi connectivity index (χ0n) is 15.2. The van der Waals surface area contributed by atoms with Gasteiger partial charge in [-0.3, -0.25) is 0 Å². The van der Waals surface area contributed by atoms with Crippen LogP contribution in [-0.2, 0) is 6.54 Å². The maximum Gasteiger partial charge on any atom is 0.317 e. The first-order valence-corrected chi connectivity index (χ1v) is 8.57. The minimum Gasteiger partial charge on any atom is -0.497 e. The molecule has 1 aliphatic rings. The summed E-state index contributed by atoms with van der Waals surface area (Å²) < 4.78 is 10.4. The molecule has 1 aromatic heterocycles. The third-order valence-electron chi connectivity index (χ3n) is 4.77. The molecule has 0 aliphatic heterocycles. The van der Waals surface area contributed by atoms with Gasteiger partial charge in [-0.2, -0.15) is 0 Å². The molecule has 0 bridgehead atoms. The molecule has 134 valence electrons. The number of benzene rings is 1. The molecule has 6 nitrogen and oxygen atoms in total. The van der Waals surface area contributed by atoms with Crippen LogP contribution >= 0.6 is 0 Å². The van der Waals surface area contributed by atoms with E-state index < -0.39 is 0 Å². The van der Waals surface area contributed by atoms with Gasteiger partial charge in [0.05, 0.1) is 25.4 Å². The van der Waals surface area contributed by atoms with Gasteiger partial charge in [0.2, 0.25) is 0 Å². The lowest BCUT2D eigenvalue weighted by Crippen LogP contribution is -2.39. The number of hydrogen-bond acceptors (Lipinski definition) is 4. The van der Waals surface area contributed by atoms with Gasteiger partial charge in [0.15, 0.2) is 0 Å². The smallest absolute Gasteiger partial charge is 0.317 e. The number of methoxy groups -OCH3 is 1. The Balaban J connectivity index is 1.68. The molecule has 0 unspecified atom stereocenters. The maximum atomic E-state index is 12.7. The van der Waals surface area contributed by atoms with Crippen LogP contribution in [0.5, 0.6) is 5.75 Å². The maximum absolute atomic E-state index is 12.7. The number of aryl methyl sites for hydroxylation is 2. The topological polar surface area (TPSA) is 67.6 Å². The van der Waals surface area contributed by atoms with Gasteiger partial charge in [-0.15, -0.1) is 0 Å². The van der Waals surface area contributed by atoms with Crippen LogP contribution in [0.15, 0.2) is 28.8 Å². The first-order valence-electron chi connectivity index (χ1n) is 8.57. The van der Waals surface area contributed by atoms with Gasteiger partial charge in [-0.25, -0.2) is 4.79 Å². The number of ether oxygens (including phenoxy) is 1. The Bertz CT molecular complexity index is 715. The van der Waals surface area contributed by atoms with E-state index in [1.165, 1.54) is 0 Å². The Morgan fingerprint density at radius 2 is 2.04 bits per heavy atom. The second kappa shape index (κ2) is 7.17. The van der Waals surface area contributed by atoms with Crippen LogP contribution in [-0.4, -0.2) is 30.2 Å². The molecule has 0 radical (unpaired) electrons. The number of carbonyl (C=O) groups excluding carboxylic acids is 1. The highest BCUT2D eigenvalue weighted by molar-refractivity contribution is 5.74. The van der Waals surface area contributed by atoms with Gasteiger partial charge < -0.3 is 19.5 Å². The van der Waals surface area contributed by atoms with Gasteiger partial charge >= 0.3 is 6.03 Å². The number of amides is 2. The lowest BCUT2D eigenvalue weighted by atomic mass is 10.0. The summed E-state index contributed by atoms with van der Waals surface area (Å²) >= 11 is 0. The van der Waals surface area contributed by atoms with Crippen molar-refractivity contribution in [1.29, 1.82) is 0 Å². The summed E-state index contributed by atoms with van der Waals surface area (Å²) in [7, 11) is 3.44. The molecule has 0 spiro atoms. The fourth-order valence-electron chi connectivity index (χ4n) is 2.99. The summed E-state index contributed by atoms with van der Waals surface area (Å²) in [5.41, 5.74) is 2.90. The molecule has 6 heteroatoms. The fraction of sp³-hybridized carbons (Fsp3) is 0.474. The molecule has 1 aliphatic carbocycles. The molecule has 3 rings (SSSR count). The van der Waals surface area contributed by atoms with E-state index >= 15 is 0 Å². The average molecular weight is 343 g/mol. The number of aromatic nitrogens is 1. The van der Waals surface area contributed by atoms with Gasteiger partial charge in [0.1, 0.15) is 11.5 Å². The third kappa shape index (κ3) is 3.95. The van der Waals surface area contributed by atoms with Gasteiger partial charge in [-0.05, 0) is 50.3 Å². The summed E-state index contributed by atoms with van der Waals surface area (Å²) in [5.74, 6) is 2.08. The predicted octanol–water partition coefficient (Wildman–Crippen LogP) is 3.59. The summed E-state index contributed by atoms with van der Waals surface area (Å²) in [6, 6.07) is 7.86. The van der Waals surface area contributed by atoms with Crippen LogP contribution in [0.4, 0.5) is 4.79 Å². The highest BCUT2D eigenvalue weighted by Gasteiger charge is 2.34. The SMILES string of the molecule is COc1ccc([C@@H](NC(=O)N(C)Cc2c(C)noc2C)C2CC2)cc1. The van der Waals surface area contributed by atoms with Gasteiger partial charge in [0, 0.05) is 12.6 Å². The van der Waals surface area contributed by atoms with Gasteiger partial charge in [-0.1, -0.05) is 17.3 Å². The van der Waals surface area contributed by atoms with Crippen LogP contribution in [0.2, 0.25) is 0 Å². The van der Waals surface area contributed by atoms with Crippen molar-refractivity contribution >= 4 is 6.03 Å². The van der Waals surface area contributed by atoms with Crippen LogP contribution in [0, 0.1) is 19.8 Å². The fourth-order valence-corrected chi connectivity index (χ4v) is 2.99. The second-order valence-electron chi connectivity index (χ2n) is 6.70. The minimum absolute atomic E-state index is 0.0329. The largest absolute Gasteiger partial charge is 0.497 e. The Morgan fingerprint density at radius 3 is 2.56 bits per heavy atom. The summed E-state index contributed by atoms with van der Waals surface area (Å²) in [5, 5.41) is 7.13. The zero-order chi connectivity index (χ0) is 18.0. The molecule has 25 heavy (non-hydrogen) atoms. The summed E-state index contributed by atoms with van der Waals surface area (Å²) in [6.45, 7) is 4.24. The minimum atomic E-state index is -0.0901. The Labute approximate surface area is 148 Å². The monoisotopic (exact) mass is 343 g/mol. The number of nitrogens with one attached hydrogen (secondary N) is 1. The quantitative estimate of drug-likeness (QED) is 0.870. The molecule has 0 saturated heterocycles. The van der Waals surface area contributed by atoms with Crippen LogP contribution in [0.25, 0.3) is 0 Å². The van der Waals surface area contributed by atoms with Crippen molar-refractivity contribution in [3.63, 3.8) is 0 Å². The Kier molecular flexibility index (Phi) is 4.97. The van der Waals surface area contributed by atoms with E-state index in [1.807, 2.05) is 38.1 Å². The van der Waals surface area contributed by atoms with E-state index in [0.717, 1.165) is 41.2 Å². The average Bonchev–Trinajstić information content (AvgIpc) is 3.41. The molecule has 1 saturated carbocycles. The summed E-state index contributed by atoms with van der Waals surface area (Å²) in [4.78, 5) is 14.3. The van der Waals surface area contributed by atoms with Crippen molar-refractivity contribution in [3.05, 3.63) is 46.8 Å². The zero-order valence-corrected chi connectivity index (χ0v) is 15.2. The third-order valence-corrected chi connectivity index (χ3v) is 4.77. The Hall–Kier alpha value is -2.50. The molecular formula is C19H25N3O3. The molecule has 1 aromatic carbocycles. The van der Waals surface area contributed by atoms with Gasteiger partial charge in [0.25, 0.3) is 0 Å². The molecule has 2 amide bonds. The lowest BCUT2D eigenvalue weighted by molar-refractivity contribution is 0.201. The van der Waals surface area contributed by atoms with Crippen molar-refractivity contribution < 1.29 is 14.1 Å². The Morgan fingerprint density at radius 1 is 1.36 bits per heavy atom. The number of carbonyl (C=O) groups is 1. The lowest BCUT2D eigenvalue weighted by Gasteiger charge is -2.24. The highest BCUT2D eigenvalue weighted by atomic mass is 16.5. The molecular weight excluding hydrogens is 318 g/mol. The molecule has 1 N–H and O–H groups in total. The van der Waals surface area contributed by atoms with E-state index in [9.17, 15) is 4.79 Å². The molecule has 2 aromatic rings. The number of rotatable bonds is 6. The standard InChI is InChI=1S/C19H25N3O3/c1-12-17(13(2)25-21-12)11-22(3)19(23)20-18(14-5-6-14)15-7-9-16(24-4)10-8-15/h7-10,14,18H,5-6,11H2,1-4H3,(H,20,23)/t18-/m0/s1. The number of nitrogens with zero attached hydrogens (tertiary/aromatic N) is 2. The number of hydrogen-bond donors (Lipinski definition) is 1. The van der Waals surface area contributed by atoms with Crippen molar-refractivity contribution in [2.45, 2.75) is 39.3 Å². The van der Waals surface area contributed by atoms with Crippen LogP contribution in [0.1, 0.15) is 41.5 Å². The molecule has 1 atom stereocenters. The number of urea groups is 1. The molecule has 1 fully saturated rings. The van der Waals surface area contributed by atoms with E-state index in [2.05, 4.69) is 10.5 Å². The van der Waals surface area contributed by atoms with Crippen molar-refractivity contribution in [2.24, 2.45) is 5.92 Å². The van der Waals surface area contributed by atoms with Crippen molar-refractivity contribution in [1.82, 2.24) is 15.4 Å². The first kappa shape index (κ1) is 17.3. The van der Waals surface area contributed by atoms with Crippen molar-refractivity contribution in [2.75, 3.05) is 14.2 Å². The second-order valence-corrected chi connectivity index (χ2v) is 6.70. The van der Waals surface area contributed by atoms with E-state index in [-0.39, 0.29) is 12.1 Å². The summed E-state index contributed by atoms with van der Waals surface area (Å²) in [6.07, 6.45) is 2.29. The molecule has 1 heterocycles.